The average Bonchev–Trinajstić information content (AvgIpc) is 3.55. The highest BCUT2D eigenvalue weighted by Gasteiger charge is 2.16. The number of hydrazine groups is 1. The summed E-state index contributed by atoms with van der Waals surface area (Å²) in [7, 11) is 0. The van der Waals surface area contributed by atoms with Crippen LogP contribution in [0.25, 0.3) is 11.6 Å². The summed E-state index contributed by atoms with van der Waals surface area (Å²) < 4.78 is 10.9. The average molecular weight is 445 g/mol. The number of thiophene rings is 1. The summed E-state index contributed by atoms with van der Waals surface area (Å²) in [4.78, 5) is 25.7. The molecule has 7 heteroatoms. The molecule has 2 heterocycles. The molecule has 2 aromatic carbocycles. The Kier molecular flexibility index (Phi) is 6.79. The predicted molar refractivity (Wildman–Crippen MR) is 124 cm³/mol. The van der Waals surface area contributed by atoms with E-state index in [1.165, 1.54) is 23.7 Å². The van der Waals surface area contributed by atoms with E-state index in [0.29, 0.717) is 17.9 Å². The second-order valence-electron chi connectivity index (χ2n) is 6.77. The van der Waals surface area contributed by atoms with Crippen LogP contribution in [-0.2, 0) is 11.4 Å². The predicted octanol–water partition coefficient (Wildman–Crippen LogP) is 4.92. The number of ether oxygens (including phenoxy) is 1. The van der Waals surface area contributed by atoms with Gasteiger partial charge in [0.15, 0.2) is 5.76 Å². The van der Waals surface area contributed by atoms with Gasteiger partial charge in [-0.2, -0.15) is 0 Å². The molecule has 0 fully saturated rings. The van der Waals surface area contributed by atoms with Crippen LogP contribution < -0.4 is 15.6 Å². The molecule has 0 saturated heterocycles. The minimum Gasteiger partial charge on any atom is -0.489 e. The van der Waals surface area contributed by atoms with Gasteiger partial charge in [-0.3, -0.25) is 20.4 Å². The van der Waals surface area contributed by atoms with Gasteiger partial charge in [0.25, 0.3) is 5.91 Å². The number of benzene rings is 2. The highest BCUT2D eigenvalue weighted by atomic mass is 32.1. The molecule has 2 aromatic heterocycles. The second kappa shape index (κ2) is 10.3. The first-order valence-electron chi connectivity index (χ1n) is 9.85. The third-order valence-corrected chi connectivity index (χ3v) is 5.39. The van der Waals surface area contributed by atoms with Crippen LogP contribution in [0.15, 0.2) is 94.9 Å². The number of rotatable bonds is 7. The van der Waals surface area contributed by atoms with Crippen LogP contribution in [0.3, 0.4) is 0 Å². The fraction of sp³-hybridized carbons (Fsp3) is 0.0400. The summed E-state index contributed by atoms with van der Waals surface area (Å²) in [5, 5.41) is 1.89. The summed E-state index contributed by atoms with van der Waals surface area (Å²) in [5.41, 5.74) is 7.10. The largest absolute Gasteiger partial charge is 0.489 e. The third-order valence-electron chi connectivity index (χ3n) is 4.48. The first-order valence-corrected chi connectivity index (χ1v) is 10.7. The van der Waals surface area contributed by atoms with Crippen molar-refractivity contribution in [1.29, 1.82) is 0 Å². The molecule has 0 atom stereocenters. The van der Waals surface area contributed by atoms with Gasteiger partial charge in [0.2, 0.25) is 0 Å². The van der Waals surface area contributed by atoms with Gasteiger partial charge in [-0.25, -0.2) is 0 Å². The number of hydrogen-bond donors (Lipinski definition) is 2. The number of nitrogens with one attached hydrogen (secondary N) is 2. The molecule has 0 saturated carbocycles. The fourth-order valence-corrected chi connectivity index (χ4v) is 3.67. The Labute approximate surface area is 189 Å². The molecule has 0 unspecified atom stereocenters. The minimum absolute atomic E-state index is 0.107. The van der Waals surface area contributed by atoms with Crippen molar-refractivity contribution in [3.8, 4) is 5.75 Å². The molecule has 0 radical (unpaired) electrons. The maximum atomic E-state index is 12.9. The SMILES string of the molecule is O=C(NNC(=O)c1ccco1)C(=Cc1cccc(OCc2ccccc2)c1)c1cccs1. The molecule has 0 bridgehead atoms. The first-order chi connectivity index (χ1) is 15.7. The molecule has 6 nitrogen and oxygen atoms in total. The van der Waals surface area contributed by atoms with Crippen molar-refractivity contribution in [2.75, 3.05) is 0 Å². The molecule has 2 amide bonds. The molecule has 4 rings (SSSR count). The van der Waals surface area contributed by atoms with Gasteiger partial charge in [0, 0.05) is 4.88 Å². The van der Waals surface area contributed by atoms with Gasteiger partial charge in [-0.15, -0.1) is 11.3 Å². The Morgan fingerprint density at radius 3 is 2.56 bits per heavy atom. The van der Waals surface area contributed by atoms with E-state index in [2.05, 4.69) is 10.9 Å². The smallest absolute Gasteiger partial charge is 0.305 e. The summed E-state index contributed by atoms with van der Waals surface area (Å²) in [6.07, 6.45) is 3.15. The lowest BCUT2D eigenvalue weighted by Gasteiger charge is -2.10. The molecule has 0 spiro atoms. The molecule has 160 valence electrons. The number of amides is 2. The second-order valence-corrected chi connectivity index (χ2v) is 7.72. The van der Waals surface area contributed by atoms with E-state index in [9.17, 15) is 9.59 Å². The normalized spacial score (nSPS) is 11.1. The Bertz CT molecular complexity index is 1200. The van der Waals surface area contributed by atoms with Crippen molar-refractivity contribution in [3.63, 3.8) is 0 Å². The number of carbonyl (C=O) groups is 2. The summed E-state index contributed by atoms with van der Waals surface area (Å²) in [5.74, 6) is -0.178. The lowest BCUT2D eigenvalue weighted by Crippen LogP contribution is -2.41. The number of carbonyl (C=O) groups excluding carboxylic acids is 2. The summed E-state index contributed by atoms with van der Waals surface area (Å²) in [6, 6.07) is 24.2. The van der Waals surface area contributed by atoms with Crippen molar-refractivity contribution >= 4 is 34.8 Å². The Morgan fingerprint density at radius 2 is 1.81 bits per heavy atom. The van der Waals surface area contributed by atoms with Gasteiger partial charge in [-0.1, -0.05) is 48.5 Å². The Hall–Kier alpha value is -4.10. The highest BCUT2D eigenvalue weighted by molar-refractivity contribution is 7.11. The zero-order valence-corrected chi connectivity index (χ0v) is 17.8. The van der Waals surface area contributed by atoms with Crippen LogP contribution in [0.1, 0.15) is 26.6 Å². The third kappa shape index (κ3) is 5.53. The fourth-order valence-electron chi connectivity index (χ4n) is 2.93. The first kappa shape index (κ1) is 21.1. The van der Waals surface area contributed by atoms with Crippen LogP contribution >= 0.6 is 11.3 Å². The van der Waals surface area contributed by atoms with Crippen molar-refractivity contribution < 1.29 is 18.7 Å². The van der Waals surface area contributed by atoms with Crippen LogP contribution in [-0.4, -0.2) is 11.8 Å². The summed E-state index contributed by atoms with van der Waals surface area (Å²) >= 11 is 1.43. The van der Waals surface area contributed by atoms with Gasteiger partial charge >= 0.3 is 5.91 Å². The zero-order chi connectivity index (χ0) is 22.2. The van der Waals surface area contributed by atoms with E-state index >= 15 is 0 Å². The minimum atomic E-state index is -0.537. The van der Waals surface area contributed by atoms with E-state index in [-0.39, 0.29) is 5.76 Å². The van der Waals surface area contributed by atoms with E-state index in [1.54, 1.807) is 12.1 Å². The van der Waals surface area contributed by atoms with Gasteiger partial charge in [-0.05, 0) is 52.9 Å². The van der Waals surface area contributed by atoms with Crippen LogP contribution in [0.4, 0.5) is 0 Å². The topological polar surface area (TPSA) is 80.6 Å². The molecular formula is C25H20N2O4S. The van der Waals surface area contributed by atoms with E-state index in [0.717, 1.165) is 16.0 Å². The van der Waals surface area contributed by atoms with Gasteiger partial charge < -0.3 is 9.15 Å². The van der Waals surface area contributed by atoms with Gasteiger partial charge in [0.05, 0.1) is 11.8 Å². The lowest BCUT2D eigenvalue weighted by atomic mass is 10.1. The standard InChI is InChI=1S/C25H20N2O4S/c28-24(26-27-25(29)22-11-5-13-30-22)21(23-12-6-14-32-23)16-19-9-4-10-20(15-19)31-17-18-7-2-1-3-8-18/h1-16H,17H2,(H,26,28)(H,27,29). The van der Waals surface area contributed by atoms with Crippen molar-refractivity contribution in [1.82, 2.24) is 10.9 Å². The van der Waals surface area contributed by atoms with Crippen LogP contribution in [0, 0.1) is 0 Å². The van der Waals surface area contributed by atoms with Gasteiger partial charge in [0.1, 0.15) is 12.4 Å². The molecule has 0 aliphatic rings. The molecular weight excluding hydrogens is 424 g/mol. The van der Waals surface area contributed by atoms with E-state index in [4.69, 9.17) is 9.15 Å². The van der Waals surface area contributed by atoms with E-state index < -0.39 is 11.8 Å². The summed E-state index contributed by atoms with van der Waals surface area (Å²) in [6.45, 7) is 0.449. The maximum absolute atomic E-state index is 12.9. The Balaban J connectivity index is 1.49. The monoisotopic (exact) mass is 444 g/mol. The Morgan fingerprint density at radius 1 is 0.938 bits per heavy atom. The lowest BCUT2D eigenvalue weighted by molar-refractivity contribution is -0.116. The number of furan rings is 1. The molecule has 2 N–H and O–H groups in total. The zero-order valence-electron chi connectivity index (χ0n) is 17.0. The molecule has 4 aromatic rings. The van der Waals surface area contributed by atoms with Crippen molar-refractivity contribution in [2.45, 2.75) is 6.61 Å². The van der Waals surface area contributed by atoms with E-state index in [1.807, 2.05) is 72.1 Å². The molecule has 0 aliphatic heterocycles. The highest BCUT2D eigenvalue weighted by Crippen LogP contribution is 2.25. The number of hydrogen-bond acceptors (Lipinski definition) is 5. The van der Waals surface area contributed by atoms with Crippen molar-refractivity contribution in [3.05, 3.63) is 112 Å². The van der Waals surface area contributed by atoms with Crippen LogP contribution in [0.2, 0.25) is 0 Å². The molecule has 32 heavy (non-hydrogen) atoms. The van der Waals surface area contributed by atoms with Crippen LogP contribution in [0.5, 0.6) is 5.75 Å². The maximum Gasteiger partial charge on any atom is 0.305 e. The quantitative estimate of drug-likeness (QED) is 0.313. The van der Waals surface area contributed by atoms with Crippen molar-refractivity contribution in [2.24, 2.45) is 0 Å². The molecule has 0 aliphatic carbocycles.